The van der Waals surface area contributed by atoms with Crippen molar-refractivity contribution >= 4 is 40.0 Å². The Morgan fingerprint density at radius 3 is 1.42 bits per heavy atom. The highest BCUT2D eigenvalue weighted by molar-refractivity contribution is 7.10. The summed E-state index contributed by atoms with van der Waals surface area (Å²) >= 11 is 0. The van der Waals surface area contributed by atoms with Crippen molar-refractivity contribution in [2.75, 3.05) is 0 Å². The zero-order valence-corrected chi connectivity index (χ0v) is 21.3. The Labute approximate surface area is 198 Å². The van der Waals surface area contributed by atoms with Crippen LogP contribution in [0.25, 0.3) is 31.9 Å². The molecule has 1 heteroatoms. The second kappa shape index (κ2) is 7.57. The molecule has 0 unspecified atom stereocenters. The molecule has 164 valence electrons. The van der Waals surface area contributed by atoms with E-state index in [9.17, 15) is 0 Å². The predicted molar refractivity (Wildman–Crippen MR) is 147 cm³/mol. The zero-order chi connectivity index (χ0) is 22.7. The average Bonchev–Trinajstić information content (AvgIpc) is 3.38. The van der Waals surface area contributed by atoms with E-state index in [2.05, 4.69) is 100 Å². The van der Waals surface area contributed by atoms with E-state index in [1.165, 1.54) is 44.8 Å². The molecule has 4 aromatic rings. The summed E-state index contributed by atoms with van der Waals surface area (Å²) in [5.74, 6) is 0. The van der Waals surface area contributed by atoms with Gasteiger partial charge in [-0.15, -0.1) is 0 Å². The summed E-state index contributed by atoms with van der Waals surface area (Å²) in [5.41, 5.74) is 9.46. The van der Waals surface area contributed by atoms with Crippen molar-refractivity contribution in [2.45, 2.75) is 52.6 Å². The van der Waals surface area contributed by atoms with E-state index in [-0.39, 0.29) is 0 Å². The molecule has 0 nitrogen and oxygen atoms in total. The van der Waals surface area contributed by atoms with Gasteiger partial charge in [-0.1, -0.05) is 110 Å². The zero-order valence-electron chi connectivity index (χ0n) is 20.3. The van der Waals surface area contributed by atoms with Crippen LogP contribution < -0.4 is 0 Å². The first kappa shape index (κ1) is 20.7. The second-order valence-electron chi connectivity index (χ2n) is 10.1. The Morgan fingerprint density at radius 2 is 1.00 bits per heavy atom. The molecule has 0 bridgehead atoms. The van der Waals surface area contributed by atoms with Gasteiger partial charge in [-0.3, -0.25) is 0 Å². The third kappa shape index (κ3) is 2.82. The standard InChI is InChI=1S/C32H32Si/c1-5-33(6-2,31-21(3)19-25-17-15-23-11-7-9-13-27(23)29(25)31)32-22(4)20-26-18-16-24-12-8-10-14-28(24)30(26)32/h7-18H,5-6,19-20H2,1-4H3. The molecule has 2 aliphatic carbocycles. The lowest BCUT2D eigenvalue weighted by atomic mass is 10.0. The fourth-order valence-corrected chi connectivity index (χ4v) is 12.6. The molecule has 2 aliphatic rings. The van der Waals surface area contributed by atoms with E-state index >= 15 is 0 Å². The maximum absolute atomic E-state index is 2.47. The smallest absolute Gasteiger partial charge is 0.0686 e. The monoisotopic (exact) mass is 444 g/mol. The lowest BCUT2D eigenvalue weighted by Gasteiger charge is -2.36. The largest absolute Gasteiger partial charge is 0.119 e. The first-order valence-corrected chi connectivity index (χ1v) is 14.9. The van der Waals surface area contributed by atoms with Crippen LogP contribution in [0.3, 0.4) is 0 Å². The lowest BCUT2D eigenvalue weighted by Crippen LogP contribution is -2.37. The number of rotatable bonds is 4. The molecule has 4 aromatic carbocycles. The van der Waals surface area contributed by atoms with Gasteiger partial charge in [-0.25, -0.2) is 0 Å². The van der Waals surface area contributed by atoms with Gasteiger partial charge < -0.3 is 0 Å². The number of fused-ring (bicyclic) bond motifs is 6. The highest BCUT2D eigenvalue weighted by Gasteiger charge is 2.45. The minimum absolute atomic E-state index is 1.11. The third-order valence-electron chi connectivity index (χ3n) is 8.46. The maximum atomic E-state index is 2.47. The highest BCUT2D eigenvalue weighted by Crippen LogP contribution is 2.54. The molecule has 0 aliphatic heterocycles. The molecule has 0 spiro atoms. The van der Waals surface area contributed by atoms with Gasteiger partial charge in [0.2, 0.25) is 0 Å². The molecular formula is C32H32Si. The minimum Gasteiger partial charge on any atom is -0.0686 e. The minimum atomic E-state index is -1.98. The van der Waals surface area contributed by atoms with Gasteiger partial charge in [0.15, 0.2) is 0 Å². The van der Waals surface area contributed by atoms with Crippen LogP contribution in [-0.2, 0) is 12.8 Å². The lowest BCUT2D eigenvalue weighted by molar-refractivity contribution is 1.19. The fraction of sp³-hybridized carbons (Fsp3) is 0.250. The summed E-state index contributed by atoms with van der Waals surface area (Å²) in [6.45, 7) is 9.79. The molecule has 6 rings (SSSR count). The Morgan fingerprint density at radius 1 is 0.576 bits per heavy atom. The number of benzene rings is 4. The van der Waals surface area contributed by atoms with Gasteiger partial charge in [0.05, 0.1) is 0 Å². The van der Waals surface area contributed by atoms with Gasteiger partial charge in [0.25, 0.3) is 0 Å². The normalized spacial score (nSPS) is 15.6. The van der Waals surface area contributed by atoms with Crippen molar-refractivity contribution < 1.29 is 0 Å². The molecule has 0 aromatic heterocycles. The Bertz CT molecular complexity index is 1380. The van der Waals surface area contributed by atoms with Crippen molar-refractivity contribution in [3.8, 4) is 0 Å². The van der Waals surface area contributed by atoms with Crippen LogP contribution in [0.4, 0.5) is 0 Å². The summed E-state index contributed by atoms with van der Waals surface area (Å²) in [4.78, 5) is 0. The molecule has 33 heavy (non-hydrogen) atoms. The van der Waals surface area contributed by atoms with Gasteiger partial charge in [-0.05, 0) is 80.9 Å². The van der Waals surface area contributed by atoms with E-state index in [0.29, 0.717) is 0 Å². The Balaban J connectivity index is 1.68. The molecular weight excluding hydrogens is 412 g/mol. The maximum Gasteiger partial charge on any atom is 0.119 e. The van der Waals surface area contributed by atoms with Gasteiger partial charge >= 0.3 is 0 Å². The molecule has 0 amide bonds. The second-order valence-corrected chi connectivity index (χ2v) is 14.7. The number of allylic oxidation sites excluding steroid dienone is 2. The van der Waals surface area contributed by atoms with Crippen LogP contribution in [0.15, 0.2) is 83.9 Å². The van der Waals surface area contributed by atoms with Crippen LogP contribution in [0.5, 0.6) is 0 Å². The fourth-order valence-electron chi connectivity index (χ4n) is 7.07. The first-order valence-electron chi connectivity index (χ1n) is 12.5. The predicted octanol–water partition coefficient (Wildman–Crippen LogP) is 8.92. The van der Waals surface area contributed by atoms with E-state index in [4.69, 9.17) is 0 Å². The van der Waals surface area contributed by atoms with Crippen LogP contribution in [0.2, 0.25) is 12.1 Å². The molecule has 0 atom stereocenters. The Hall–Kier alpha value is -2.90. The summed E-state index contributed by atoms with van der Waals surface area (Å²) in [5, 5.41) is 9.15. The topological polar surface area (TPSA) is 0 Å². The van der Waals surface area contributed by atoms with E-state index in [1.807, 2.05) is 0 Å². The molecule has 0 fully saturated rings. The van der Waals surface area contributed by atoms with Gasteiger partial charge in [0, 0.05) is 0 Å². The Kier molecular flexibility index (Phi) is 4.74. The first-order chi connectivity index (χ1) is 16.1. The summed E-state index contributed by atoms with van der Waals surface area (Å²) in [6.07, 6.45) is 2.22. The highest BCUT2D eigenvalue weighted by atomic mass is 28.3. The summed E-state index contributed by atoms with van der Waals surface area (Å²) < 4.78 is 0. The van der Waals surface area contributed by atoms with Crippen LogP contribution in [0, 0.1) is 0 Å². The van der Waals surface area contributed by atoms with Crippen LogP contribution >= 0.6 is 0 Å². The van der Waals surface area contributed by atoms with E-state index in [0.717, 1.165) is 12.8 Å². The van der Waals surface area contributed by atoms with E-state index < -0.39 is 8.07 Å². The van der Waals surface area contributed by atoms with Crippen molar-refractivity contribution in [2.24, 2.45) is 0 Å². The SMILES string of the molecule is CC[Si](CC)(C1=C(C)Cc2ccc3ccccc3c21)C1=C(C)Cc2ccc3ccccc3c21. The van der Waals surface area contributed by atoms with Gasteiger partial charge in [-0.2, -0.15) is 0 Å². The number of hydrogen-bond acceptors (Lipinski definition) is 0. The molecule has 0 radical (unpaired) electrons. The summed E-state index contributed by atoms with van der Waals surface area (Å²) in [6, 6.07) is 30.0. The average molecular weight is 445 g/mol. The van der Waals surface area contributed by atoms with Crippen LogP contribution in [-0.4, -0.2) is 8.07 Å². The quantitative estimate of drug-likeness (QED) is 0.276. The van der Waals surface area contributed by atoms with Crippen molar-refractivity contribution in [3.63, 3.8) is 0 Å². The molecule has 0 N–H and O–H groups in total. The molecule has 0 heterocycles. The molecule has 0 saturated carbocycles. The van der Waals surface area contributed by atoms with E-state index in [1.54, 1.807) is 32.7 Å². The van der Waals surface area contributed by atoms with Crippen LogP contribution in [0.1, 0.15) is 49.9 Å². The van der Waals surface area contributed by atoms with Crippen molar-refractivity contribution in [3.05, 3.63) is 106 Å². The molecule has 0 saturated heterocycles. The number of hydrogen-bond donors (Lipinski definition) is 0. The van der Waals surface area contributed by atoms with Gasteiger partial charge in [0.1, 0.15) is 8.07 Å². The summed E-state index contributed by atoms with van der Waals surface area (Å²) in [7, 11) is -1.98. The van der Waals surface area contributed by atoms with Crippen molar-refractivity contribution in [1.82, 2.24) is 0 Å². The third-order valence-corrected chi connectivity index (χ3v) is 14.1. The van der Waals surface area contributed by atoms with Crippen molar-refractivity contribution in [1.29, 1.82) is 0 Å².